The zero-order valence-corrected chi connectivity index (χ0v) is 19.3. The van der Waals surface area contributed by atoms with Crippen molar-refractivity contribution in [2.45, 2.75) is 49.0 Å². The van der Waals surface area contributed by atoms with Gasteiger partial charge < -0.3 is 23.8 Å². The fourth-order valence-electron chi connectivity index (χ4n) is 5.97. The fourth-order valence-corrected chi connectivity index (χ4v) is 5.97. The molecule has 1 spiro atoms. The summed E-state index contributed by atoms with van der Waals surface area (Å²) < 4.78 is 23.9. The molecule has 176 valence electrons. The molecule has 33 heavy (non-hydrogen) atoms. The van der Waals surface area contributed by atoms with Crippen molar-refractivity contribution in [3.63, 3.8) is 0 Å². The first kappa shape index (κ1) is 22.1. The quantitative estimate of drug-likeness (QED) is 0.494. The Morgan fingerprint density at radius 2 is 1.82 bits per heavy atom. The topological polar surface area (TPSA) is 83.3 Å². The van der Waals surface area contributed by atoms with Crippen LogP contribution in [0.2, 0.25) is 0 Å². The minimum atomic E-state index is -0.629. The molecule has 1 saturated carbocycles. The van der Waals surface area contributed by atoms with Crippen molar-refractivity contribution in [3.8, 4) is 11.5 Å². The van der Waals surface area contributed by atoms with E-state index in [1.165, 1.54) is 17.7 Å². The third-order valence-electron chi connectivity index (χ3n) is 7.83. The van der Waals surface area contributed by atoms with E-state index in [0.717, 1.165) is 49.3 Å². The van der Waals surface area contributed by atoms with Crippen molar-refractivity contribution < 1.29 is 23.9 Å². The Balaban J connectivity index is 1.38. The van der Waals surface area contributed by atoms with Gasteiger partial charge >= 0.3 is 0 Å². The molecule has 8 heteroatoms. The molecular weight excluding hydrogens is 424 g/mol. The van der Waals surface area contributed by atoms with E-state index in [4.69, 9.17) is 18.9 Å². The first-order valence-electron chi connectivity index (χ1n) is 11.4. The standard InChI is InChI=1S/C25H30N2O6/c1-26-13-12-24(18-6-9-20(30-2)21(14-18)31-3)10-11-25(15-23(24)26)32-16-22(33-25)17-4-7-19(8-5-17)27(28)29/h4-9,14,22-23H,10-13,15-16H2,1-3H3/t22?,23-,24-,25?/m0/s1. The van der Waals surface area contributed by atoms with E-state index in [-0.39, 0.29) is 28.2 Å². The van der Waals surface area contributed by atoms with Gasteiger partial charge in [-0.2, -0.15) is 0 Å². The van der Waals surface area contributed by atoms with Crippen LogP contribution in [0, 0.1) is 10.1 Å². The number of nitro groups is 1. The molecule has 2 unspecified atom stereocenters. The summed E-state index contributed by atoms with van der Waals surface area (Å²) in [4.78, 5) is 13.0. The maximum Gasteiger partial charge on any atom is 0.269 e. The molecule has 2 aromatic carbocycles. The molecule has 2 aliphatic heterocycles. The monoisotopic (exact) mass is 454 g/mol. The number of ether oxygens (including phenoxy) is 4. The van der Waals surface area contributed by atoms with Gasteiger partial charge in [-0.3, -0.25) is 10.1 Å². The van der Waals surface area contributed by atoms with Crippen LogP contribution in [-0.4, -0.2) is 56.1 Å². The summed E-state index contributed by atoms with van der Waals surface area (Å²) >= 11 is 0. The minimum Gasteiger partial charge on any atom is -0.493 e. The smallest absolute Gasteiger partial charge is 0.269 e. The van der Waals surface area contributed by atoms with Gasteiger partial charge in [0.1, 0.15) is 6.10 Å². The molecule has 0 amide bonds. The van der Waals surface area contributed by atoms with Crippen molar-refractivity contribution >= 4 is 5.69 Å². The molecule has 8 nitrogen and oxygen atoms in total. The highest BCUT2D eigenvalue weighted by atomic mass is 16.7. The molecule has 5 rings (SSSR count). The average molecular weight is 455 g/mol. The first-order valence-corrected chi connectivity index (χ1v) is 11.4. The SMILES string of the molecule is COc1ccc([C@]23CCN(C)[C@H]2CC2(CC3)OCC(c3ccc([N+](=O)[O-])cc3)O2)cc1OC. The summed E-state index contributed by atoms with van der Waals surface area (Å²) in [7, 11) is 5.50. The third-order valence-corrected chi connectivity index (χ3v) is 7.83. The van der Waals surface area contributed by atoms with Gasteiger partial charge in [-0.1, -0.05) is 6.07 Å². The van der Waals surface area contributed by atoms with Gasteiger partial charge in [-0.25, -0.2) is 0 Å². The Kier molecular flexibility index (Phi) is 5.55. The van der Waals surface area contributed by atoms with Crippen LogP contribution in [0.3, 0.4) is 0 Å². The zero-order chi connectivity index (χ0) is 23.2. The predicted molar refractivity (Wildman–Crippen MR) is 122 cm³/mol. The van der Waals surface area contributed by atoms with Crippen molar-refractivity contribution in [1.29, 1.82) is 0 Å². The second-order valence-corrected chi connectivity index (χ2v) is 9.35. The fraction of sp³-hybridized carbons (Fsp3) is 0.520. The van der Waals surface area contributed by atoms with Gasteiger partial charge in [-0.15, -0.1) is 0 Å². The number of hydrogen-bond donors (Lipinski definition) is 0. The molecule has 2 aromatic rings. The molecule has 0 aromatic heterocycles. The largest absolute Gasteiger partial charge is 0.493 e. The van der Waals surface area contributed by atoms with Crippen molar-refractivity contribution in [2.75, 3.05) is 34.4 Å². The molecule has 2 saturated heterocycles. The van der Waals surface area contributed by atoms with Crippen molar-refractivity contribution in [1.82, 2.24) is 4.90 Å². The summed E-state index contributed by atoms with van der Waals surface area (Å²) in [5.41, 5.74) is 2.28. The summed E-state index contributed by atoms with van der Waals surface area (Å²) in [6.45, 7) is 1.47. The Labute approximate surface area is 193 Å². The van der Waals surface area contributed by atoms with E-state index in [1.807, 2.05) is 6.07 Å². The maximum absolute atomic E-state index is 11.0. The number of likely N-dealkylation sites (N-methyl/N-ethyl adjacent to an activating group) is 1. The van der Waals surface area contributed by atoms with Crippen LogP contribution in [0.4, 0.5) is 5.69 Å². The summed E-state index contributed by atoms with van der Waals surface area (Å²) in [5.74, 6) is 0.862. The first-order chi connectivity index (χ1) is 15.9. The van der Waals surface area contributed by atoms with E-state index < -0.39 is 5.79 Å². The molecule has 3 fully saturated rings. The molecule has 0 radical (unpaired) electrons. The highest BCUT2D eigenvalue weighted by Gasteiger charge is 2.57. The lowest BCUT2D eigenvalue weighted by Crippen LogP contribution is -2.52. The van der Waals surface area contributed by atoms with Gasteiger partial charge in [0.15, 0.2) is 17.3 Å². The molecular formula is C25H30N2O6. The van der Waals surface area contributed by atoms with Crippen LogP contribution < -0.4 is 9.47 Å². The van der Waals surface area contributed by atoms with E-state index in [2.05, 4.69) is 24.1 Å². The number of rotatable bonds is 5. The second kappa shape index (κ2) is 8.27. The Bertz CT molecular complexity index is 1040. The van der Waals surface area contributed by atoms with E-state index in [9.17, 15) is 10.1 Å². The lowest BCUT2D eigenvalue weighted by molar-refractivity contribution is -0.384. The molecule has 1 aliphatic carbocycles. The van der Waals surface area contributed by atoms with Crippen LogP contribution in [0.25, 0.3) is 0 Å². The van der Waals surface area contributed by atoms with Gasteiger partial charge in [0.2, 0.25) is 0 Å². The molecule has 0 bridgehead atoms. The van der Waals surface area contributed by atoms with Crippen molar-refractivity contribution in [2.24, 2.45) is 0 Å². The highest BCUT2D eigenvalue weighted by molar-refractivity contribution is 5.46. The number of hydrogen-bond acceptors (Lipinski definition) is 7. The summed E-state index contributed by atoms with van der Waals surface area (Å²) in [6.07, 6.45) is 3.39. The summed E-state index contributed by atoms with van der Waals surface area (Å²) in [6, 6.07) is 13.2. The van der Waals surface area contributed by atoms with E-state index >= 15 is 0 Å². The normalized spacial score (nSPS) is 31.5. The van der Waals surface area contributed by atoms with Crippen LogP contribution >= 0.6 is 0 Å². The number of methoxy groups -OCH3 is 2. The lowest BCUT2D eigenvalue weighted by atomic mass is 9.64. The summed E-state index contributed by atoms with van der Waals surface area (Å²) in [5, 5.41) is 11.0. The lowest BCUT2D eigenvalue weighted by Gasteiger charge is -2.48. The van der Waals surface area contributed by atoms with Gasteiger partial charge in [0.05, 0.1) is 25.7 Å². The average Bonchev–Trinajstić information content (AvgIpc) is 3.41. The Hall–Kier alpha value is -2.68. The number of fused-ring (bicyclic) bond motifs is 1. The maximum atomic E-state index is 11.0. The zero-order valence-electron chi connectivity index (χ0n) is 19.3. The molecule has 0 N–H and O–H groups in total. The highest BCUT2D eigenvalue weighted by Crippen LogP contribution is 2.55. The molecule has 4 atom stereocenters. The predicted octanol–water partition coefficient (Wildman–Crippen LogP) is 4.22. The van der Waals surface area contributed by atoms with E-state index in [1.54, 1.807) is 26.4 Å². The molecule has 3 aliphatic rings. The third kappa shape index (κ3) is 3.66. The minimum absolute atomic E-state index is 0.0116. The van der Waals surface area contributed by atoms with Crippen LogP contribution in [0.15, 0.2) is 42.5 Å². The second-order valence-electron chi connectivity index (χ2n) is 9.35. The van der Waals surface area contributed by atoms with Crippen LogP contribution in [0.1, 0.15) is 42.9 Å². The number of likely N-dealkylation sites (tertiary alicyclic amines) is 1. The van der Waals surface area contributed by atoms with Crippen LogP contribution in [-0.2, 0) is 14.9 Å². The Morgan fingerprint density at radius 3 is 2.52 bits per heavy atom. The van der Waals surface area contributed by atoms with Gasteiger partial charge in [0.25, 0.3) is 5.69 Å². The van der Waals surface area contributed by atoms with Crippen molar-refractivity contribution in [3.05, 3.63) is 63.7 Å². The number of non-ortho nitro benzene ring substituents is 1. The Morgan fingerprint density at radius 1 is 1.06 bits per heavy atom. The van der Waals surface area contributed by atoms with Crippen LogP contribution in [0.5, 0.6) is 11.5 Å². The molecule has 2 heterocycles. The number of nitro benzene ring substituents is 1. The van der Waals surface area contributed by atoms with Gasteiger partial charge in [-0.05, 0) is 61.8 Å². The number of nitrogens with zero attached hydrogens (tertiary/aromatic N) is 2. The van der Waals surface area contributed by atoms with E-state index in [0.29, 0.717) is 6.61 Å². The van der Waals surface area contributed by atoms with Gasteiger partial charge in [0, 0.05) is 36.4 Å². The number of benzene rings is 2.